The quantitative estimate of drug-likeness (QED) is 0.399. The van der Waals surface area contributed by atoms with Crippen LogP contribution in [-0.4, -0.2) is 6.21 Å². The van der Waals surface area contributed by atoms with Crippen LogP contribution in [0.3, 0.4) is 0 Å². The molecule has 0 bridgehead atoms. The van der Waals surface area contributed by atoms with Crippen molar-refractivity contribution in [1.82, 2.24) is 0 Å². The summed E-state index contributed by atoms with van der Waals surface area (Å²) in [5, 5.41) is 3.99. The number of hydrogen-bond donors (Lipinski definition) is 1. The number of alkyl halides is 3. The molecule has 1 N–H and O–H groups in total. The molecule has 3 aromatic rings. The maximum absolute atomic E-state index is 12.7. The summed E-state index contributed by atoms with van der Waals surface area (Å²) >= 11 is 0. The highest BCUT2D eigenvalue weighted by atomic mass is 19.4. The average Bonchev–Trinajstić information content (AvgIpc) is 2.66. The van der Waals surface area contributed by atoms with Gasteiger partial charge in [0.2, 0.25) is 0 Å². The summed E-state index contributed by atoms with van der Waals surface area (Å²) in [6, 6.07) is 18.2. The van der Waals surface area contributed by atoms with Crippen LogP contribution in [0.25, 0.3) is 0 Å². The number of nitrogens with one attached hydrogen (secondary N) is 1. The molecule has 0 aliphatic rings. The van der Waals surface area contributed by atoms with Gasteiger partial charge in [-0.3, -0.25) is 5.43 Å². The Kier molecular flexibility index (Phi) is 5.68. The number of rotatable bonds is 5. The summed E-state index contributed by atoms with van der Waals surface area (Å²) in [7, 11) is 0. The smallest absolute Gasteiger partial charge is 0.416 e. The molecule has 0 heterocycles. The van der Waals surface area contributed by atoms with Crippen LogP contribution in [0.2, 0.25) is 0 Å². The van der Waals surface area contributed by atoms with Crippen molar-refractivity contribution in [3.05, 3.63) is 89.0 Å². The van der Waals surface area contributed by atoms with Gasteiger partial charge in [-0.2, -0.15) is 18.3 Å². The molecule has 3 aromatic carbocycles. The molecule has 3 nitrogen and oxygen atoms in total. The van der Waals surface area contributed by atoms with Crippen molar-refractivity contribution in [3.8, 4) is 11.5 Å². The molecular weight excluding hydrogens is 365 g/mol. The summed E-state index contributed by atoms with van der Waals surface area (Å²) < 4.78 is 44.1. The minimum absolute atomic E-state index is 0.265. The zero-order chi connectivity index (χ0) is 20.1. The van der Waals surface area contributed by atoms with Crippen LogP contribution < -0.4 is 10.2 Å². The number of nitrogens with zero attached hydrogens (tertiary/aromatic N) is 1. The van der Waals surface area contributed by atoms with Gasteiger partial charge in [-0.15, -0.1) is 0 Å². The van der Waals surface area contributed by atoms with E-state index >= 15 is 0 Å². The summed E-state index contributed by atoms with van der Waals surface area (Å²) in [5.74, 6) is 1.49. The first-order valence-corrected chi connectivity index (χ1v) is 8.63. The fourth-order valence-electron chi connectivity index (χ4n) is 2.51. The van der Waals surface area contributed by atoms with E-state index < -0.39 is 11.7 Å². The lowest BCUT2D eigenvalue weighted by molar-refractivity contribution is -0.137. The van der Waals surface area contributed by atoms with Crippen LogP contribution >= 0.6 is 0 Å². The maximum Gasteiger partial charge on any atom is 0.416 e. The summed E-state index contributed by atoms with van der Waals surface area (Å²) in [6.45, 7) is 3.98. The second-order valence-electron chi connectivity index (χ2n) is 6.39. The largest absolute Gasteiger partial charge is 0.457 e. The maximum atomic E-state index is 12.7. The highest BCUT2D eigenvalue weighted by Gasteiger charge is 2.30. The van der Waals surface area contributed by atoms with Gasteiger partial charge in [0, 0.05) is 0 Å². The second kappa shape index (κ2) is 8.17. The molecule has 0 aliphatic carbocycles. The van der Waals surface area contributed by atoms with Gasteiger partial charge < -0.3 is 4.74 Å². The van der Waals surface area contributed by atoms with E-state index in [1.54, 1.807) is 0 Å². The Bertz CT molecular complexity index is 980. The molecule has 0 saturated heterocycles. The monoisotopic (exact) mass is 384 g/mol. The highest BCUT2D eigenvalue weighted by molar-refractivity contribution is 5.80. The Hall–Kier alpha value is -3.28. The molecule has 0 saturated carbocycles. The number of halogens is 3. The molecule has 3 rings (SSSR count). The SMILES string of the molecule is Cc1ccc(C)c(Oc2ccc(C=NNc3cccc(C(F)(F)F)c3)cc2)c1. The van der Waals surface area contributed by atoms with Gasteiger partial charge >= 0.3 is 6.18 Å². The molecule has 0 amide bonds. The van der Waals surface area contributed by atoms with Gasteiger partial charge in [0.25, 0.3) is 0 Å². The predicted molar refractivity (Wildman–Crippen MR) is 105 cm³/mol. The average molecular weight is 384 g/mol. The topological polar surface area (TPSA) is 33.6 Å². The van der Waals surface area contributed by atoms with E-state index in [0.717, 1.165) is 34.6 Å². The number of hydrazone groups is 1. The summed E-state index contributed by atoms with van der Waals surface area (Å²) in [6.07, 6.45) is -2.85. The third-order valence-electron chi connectivity index (χ3n) is 4.05. The molecule has 0 radical (unpaired) electrons. The highest BCUT2D eigenvalue weighted by Crippen LogP contribution is 2.30. The summed E-state index contributed by atoms with van der Waals surface area (Å²) in [4.78, 5) is 0. The Morgan fingerprint density at radius 3 is 2.39 bits per heavy atom. The Labute approximate surface area is 161 Å². The van der Waals surface area contributed by atoms with Crippen molar-refractivity contribution >= 4 is 11.9 Å². The molecule has 0 fully saturated rings. The molecule has 0 unspecified atom stereocenters. The van der Waals surface area contributed by atoms with Crippen LogP contribution in [0.1, 0.15) is 22.3 Å². The van der Waals surface area contributed by atoms with E-state index in [-0.39, 0.29) is 5.69 Å². The van der Waals surface area contributed by atoms with Crippen molar-refractivity contribution in [2.45, 2.75) is 20.0 Å². The van der Waals surface area contributed by atoms with E-state index in [2.05, 4.69) is 10.5 Å². The lowest BCUT2D eigenvalue weighted by atomic mass is 10.1. The van der Waals surface area contributed by atoms with E-state index in [1.807, 2.05) is 56.3 Å². The van der Waals surface area contributed by atoms with E-state index in [1.165, 1.54) is 18.3 Å². The van der Waals surface area contributed by atoms with Crippen molar-refractivity contribution in [2.24, 2.45) is 5.10 Å². The van der Waals surface area contributed by atoms with Crippen molar-refractivity contribution in [1.29, 1.82) is 0 Å². The van der Waals surface area contributed by atoms with Crippen LogP contribution in [0.15, 0.2) is 71.8 Å². The first kappa shape index (κ1) is 19.5. The first-order valence-electron chi connectivity index (χ1n) is 8.63. The third-order valence-corrected chi connectivity index (χ3v) is 4.05. The molecule has 0 spiro atoms. The van der Waals surface area contributed by atoms with Gasteiger partial charge in [-0.25, -0.2) is 0 Å². The predicted octanol–water partition coefficient (Wildman–Crippen LogP) is 6.56. The van der Waals surface area contributed by atoms with Gasteiger partial charge in [0.15, 0.2) is 0 Å². The molecule has 0 aliphatic heterocycles. The van der Waals surface area contributed by atoms with Crippen molar-refractivity contribution in [3.63, 3.8) is 0 Å². The Balaban J connectivity index is 1.63. The molecular formula is C22H19F3N2O. The van der Waals surface area contributed by atoms with E-state index in [9.17, 15) is 13.2 Å². The zero-order valence-electron chi connectivity index (χ0n) is 15.4. The first-order chi connectivity index (χ1) is 13.3. The van der Waals surface area contributed by atoms with Crippen LogP contribution in [0, 0.1) is 13.8 Å². The summed E-state index contributed by atoms with van der Waals surface area (Å²) in [5.41, 5.74) is 5.10. The minimum Gasteiger partial charge on any atom is -0.457 e. The standard InChI is InChI=1S/C22H19F3N2O/c1-15-6-7-16(2)21(12-15)28-20-10-8-17(9-11-20)14-26-27-19-5-3-4-18(13-19)22(23,24)25/h3-14,27H,1-2H3. The van der Waals surface area contributed by atoms with E-state index in [0.29, 0.717) is 5.75 Å². The minimum atomic E-state index is -4.38. The molecule has 0 aromatic heterocycles. The van der Waals surface area contributed by atoms with Gasteiger partial charge in [0.05, 0.1) is 17.5 Å². The lowest BCUT2D eigenvalue weighted by Crippen LogP contribution is -2.05. The van der Waals surface area contributed by atoms with Crippen LogP contribution in [-0.2, 0) is 6.18 Å². The molecule has 6 heteroatoms. The number of anilines is 1. The molecule has 144 valence electrons. The normalized spacial score (nSPS) is 11.6. The Morgan fingerprint density at radius 2 is 1.68 bits per heavy atom. The number of aryl methyl sites for hydroxylation is 2. The number of hydrogen-bond acceptors (Lipinski definition) is 3. The van der Waals surface area contributed by atoms with Crippen LogP contribution in [0.5, 0.6) is 11.5 Å². The van der Waals surface area contributed by atoms with Crippen molar-refractivity contribution in [2.75, 3.05) is 5.43 Å². The molecule has 0 atom stereocenters. The van der Waals surface area contributed by atoms with Gasteiger partial charge in [0.1, 0.15) is 11.5 Å². The van der Waals surface area contributed by atoms with Gasteiger partial charge in [-0.1, -0.05) is 18.2 Å². The third kappa shape index (κ3) is 5.13. The van der Waals surface area contributed by atoms with Crippen LogP contribution in [0.4, 0.5) is 18.9 Å². The zero-order valence-corrected chi connectivity index (χ0v) is 15.4. The lowest BCUT2D eigenvalue weighted by Gasteiger charge is -2.09. The van der Waals surface area contributed by atoms with Crippen molar-refractivity contribution < 1.29 is 17.9 Å². The fraction of sp³-hybridized carbons (Fsp3) is 0.136. The fourth-order valence-corrected chi connectivity index (χ4v) is 2.51. The van der Waals surface area contributed by atoms with Gasteiger partial charge in [-0.05, 0) is 79.1 Å². The number of benzene rings is 3. The van der Waals surface area contributed by atoms with E-state index in [4.69, 9.17) is 4.74 Å². The molecule has 28 heavy (non-hydrogen) atoms. The Morgan fingerprint density at radius 1 is 0.929 bits per heavy atom. The second-order valence-corrected chi connectivity index (χ2v) is 6.39. The number of ether oxygens (including phenoxy) is 1.